The first-order valence-electron chi connectivity index (χ1n) is 4.95. The average molecular weight is 209 g/mol. The molecule has 0 radical (unpaired) electrons. The van der Waals surface area contributed by atoms with E-state index in [1.165, 1.54) is 12.3 Å². The number of pyridine rings is 1. The van der Waals surface area contributed by atoms with E-state index in [-0.39, 0.29) is 11.9 Å². The van der Waals surface area contributed by atoms with Crippen LogP contribution in [0.2, 0.25) is 0 Å². The van der Waals surface area contributed by atoms with Gasteiger partial charge in [-0.3, -0.25) is 16.3 Å². The number of hydrogen-bond acceptors (Lipinski definition) is 3. The van der Waals surface area contributed by atoms with E-state index in [1.54, 1.807) is 6.20 Å². The molecule has 1 atom stereocenters. The molecule has 1 aromatic rings. The van der Waals surface area contributed by atoms with Crippen LogP contribution in [0.1, 0.15) is 30.9 Å². The zero-order valence-corrected chi connectivity index (χ0v) is 8.62. The lowest BCUT2D eigenvalue weighted by molar-refractivity contribution is 0.495. The Morgan fingerprint density at radius 3 is 3.00 bits per heavy atom. The molecule has 0 aromatic carbocycles. The molecule has 3 nitrogen and oxygen atoms in total. The number of allylic oxidation sites excluding steroid dienone is 1. The van der Waals surface area contributed by atoms with Crippen molar-refractivity contribution < 1.29 is 4.39 Å². The quantitative estimate of drug-likeness (QED) is 0.326. The second-order valence-corrected chi connectivity index (χ2v) is 3.38. The van der Waals surface area contributed by atoms with Gasteiger partial charge in [0.1, 0.15) is 5.82 Å². The highest BCUT2D eigenvalue weighted by molar-refractivity contribution is 5.14. The Bertz CT molecular complexity index is 314. The maximum absolute atomic E-state index is 12.9. The third-order valence-corrected chi connectivity index (χ3v) is 2.23. The van der Waals surface area contributed by atoms with E-state index < -0.39 is 0 Å². The summed E-state index contributed by atoms with van der Waals surface area (Å²) in [4.78, 5) is 3.79. The molecule has 0 fully saturated rings. The van der Waals surface area contributed by atoms with E-state index in [0.29, 0.717) is 0 Å². The highest BCUT2D eigenvalue weighted by Gasteiger charge is 2.09. The molecule has 15 heavy (non-hydrogen) atoms. The number of hydrazine groups is 1. The van der Waals surface area contributed by atoms with Gasteiger partial charge in [0.05, 0.1) is 6.20 Å². The highest BCUT2D eigenvalue weighted by Crippen LogP contribution is 2.18. The van der Waals surface area contributed by atoms with Crippen molar-refractivity contribution in [2.24, 2.45) is 5.84 Å². The standard InChI is InChI=1S/C11H16FN3/c1-2-3-4-5-11(15-13)9-6-10(12)8-14-7-9/h2,6-8,11,15H,1,3-5,13H2. The first-order valence-corrected chi connectivity index (χ1v) is 4.95. The Balaban J connectivity index is 2.61. The minimum absolute atomic E-state index is 0.0480. The molecule has 0 saturated carbocycles. The molecule has 4 heteroatoms. The topological polar surface area (TPSA) is 50.9 Å². The van der Waals surface area contributed by atoms with Crippen molar-refractivity contribution in [2.45, 2.75) is 25.3 Å². The largest absolute Gasteiger partial charge is 0.271 e. The van der Waals surface area contributed by atoms with Crippen LogP contribution in [-0.2, 0) is 0 Å². The molecule has 0 saturated heterocycles. The van der Waals surface area contributed by atoms with Crippen molar-refractivity contribution >= 4 is 0 Å². The van der Waals surface area contributed by atoms with E-state index in [2.05, 4.69) is 17.0 Å². The van der Waals surface area contributed by atoms with Gasteiger partial charge in [-0.05, 0) is 30.9 Å². The van der Waals surface area contributed by atoms with Crippen molar-refractivity contribution in [1.29, 1.82) is 0 Å². The summed E-state index contributed by atoms with van der Waals surface area (Å²) in [5.41, 5.74) is 3.44. The summed E-state index contributed by atoms with van der Waals surface area (Å²) >= 11 is 0. The lowest BCUT2D eigenvalue weighted by atomic mass is 10.0. The van der Waals surface area contributed by atoms with Crippen LogP contribution < -0.4 is 11.3 Å². The summed E-state index contributed by atoms with van der Waals surface area (Å²) in [6.07, 6.45) is 7.41. The van der Waals surface area contributed by atoms with Gasteiger partial charge >= 0.3 is 0 Å². The summed E-state index contributed by atoms with van der Waals surface area (Å²) in [5.74, 6) is 5.07. The van der Waals surface area contributed by atoms with Crippen LogP contribution >= 0.6 is 0 Å². The average Bonchev–Trinajstić information content (AvgIpc) is 2.24. The second kappa shape index (κ2) is 6.27. The molecule has 1 heterocycles. The van der Waals surface area contributed by atoms with Crippen LogP contribution in [0.15, 0.2) is 31.1 Å². The molecule has 0 amide bonds. The van der Waals surface area contributed by atoms with Crippen LogP contribution in [0.4, 0.5) is 4.39 Å². The summed E-state index contributed by atoms with van der Waals surface area (Å²) in [6.45, 7) is 3.65. The number of nitrogens with two attached hydrogens (primary N) is 1. The van der Waals surface area contributed by atoms with Gasteiger partial charge in [-0.15, -0.1) is 6.58 Å². The Morgan fingerprint density at radius 2 is 2.40 bits per heavy atom. The Kier molecular flexibility index (Phi) is 4.93. The van der Waals surface area contributed by atoms with Crippen LogP contribution in [0.5, 0.6) is 0 Å². The van der Waals surface area contributed by atoms with Gasteiger partial charge < -0.3 is 0 Å². The number of nitrogens with one attached hydrogen (secondary N) is 1. The molecule has 1 aromatic heterocycles. The molecule has 3 N–H and O–H groups in total. The molecular formula is C11H16FN3. The van der Waals surface area contributed by atoms with E-state index in [4.69, 9.17) is 5.84 Å². The fraction of sp³-hybridized carbons (Fsp3) is 0.364. The van der Waals surface area contributed by atoms with Crippen LogP contribution in [0.25, 0.3) is 0 Å². The summed E-state index contributed by atoms with van der Waals surface area (Å²) in [7, 11) is 0. The predicted octanol–water partition coefficient (Wildman–Crippen LogP) is 2.08. The van der Waals surface area contributed by atoms with Gasteiger partial charge in [0.15, 0.2) is 0 Å². The van der Waals surface area contributed by atoms with Crippen molar-refractivity contribution in [3.63, 3.8) is 0 Å². The smallest absolute Gasteiger partial charge is 0.141 e. The minimum atomic E-state index is -0.337. The number of rotatable bonds is 6. The number of unbranched alkanes of at least 4 members (excludes halogenated alkanes) is 1. The van der Waals surface area contributed by atoms with E-state index in [1.807, 2.05) is 6.08 Å². The predicted molar refractivity (Wildman–Crippen MR) is 58.3 cm³/mol. The monoisotopic (exact) mass is 209 g/mol. The lowest BCUT2D eigenvalue weighted by Gasteiger charge is -2.15. The third-order valence-electron chi connectivity index (χ3n) is 2.23. The molecule has 0 aliphatic heterocycles. The van der Waals surface area contributed by atoms with Crippen LogP contribution in [0, 0.1) is 5.82 Å². The summed E-state index contributed by atoms with van der Waals surface area (Å²) in [6, 6.07) is 1.40. The van der Waals surface area contributed by atoms with Crippen molar-refractivity contribution in [3.8, 4) is 0 Å². The molecule has 0 spiro atoms. The highest BCUT2D eigenvalue weighted by atomic mass is 19.1. The van der Waals surface area contributed by atoms with Crippen molar-refractivity contribution in [3.05, 3.63) is 42.5 Å². The minimum Gasteiger partial charge on any atom is -0.271 e. The van der Waals surface area contributed by atoms with Crippen molar-refractivity contribution in [2.75, 3.05) is 0 Å². The molecule has 0 aliphatic rings. The Labute approximate surface area is 89.2 Å². The van der Waals surface area contributed by atoms with Gasteiger partial charge in [0.2, 0.25) is 0 Å². The fourth-order valence-electron chi connectivity index (χ4n) is 1.43. The molecule has 1 unspecified atom stereocenters. The van der Waals surface area contributed by atoms with Gasteiger partial charge in [0.25, 0.3) is 0 Å². The Morgan fingerprint density at radius 1 is 1.60 bits per heavy atom. The summed E-state index contributed by atoms with van der Waals surface area (Å²) in [5, 5.41) is 0. The lowest BCUT2D eigenvalue weighted by Crippen LogP contribution is -2.28. The third kappa shape index (κ3) is 3.77. The van der Waals surface area contributed by atoms with E-state index >= 15 is 0 Å². The first-order chi connectivity index (χ1) is 7.27. The van der Waals surface area contributed by atoms with E-state index in [9.17, 15) is 4.39 Å². The Hall–Kier alpha value is -1.26. The first kappa shape index (κ1) is 11.8. The molecule has 1 rings (SSSR count). The van der Waals surface area contributed by atoms with Gasteiger partial charge in [0, 0.05) is 12.2 Å². The zero-order valence-electron chi connectivity index (χ0n) is 8.62. The normalized spacial score (nSPS) is 12.4. The van der Waals surface area contributed by atoms with Gasteiger partial charge in [-0.25, -0.2) is 4.39 Å². The molecular weight excluding hydrogens is 193 g/mol. The number of aromatic nitrogens is 1. The number of hydrogen-bond donors (Lipinski definition) is 2. The SMILES string of the molecule is C=CCCCC(NN)c1cncc(F)c1. The van der Waals surface area contributed by atoms with Gasteiger partial charge in [-0.2, -0.15) is 0 Å². The molecule has 0 aliphatic carbocycles. The van der Waals surface area contributed by atoms with Crippen LogP contribution in [-0.4, -0.2) is 4.98 Å². The summed E-state index contributed by atoms with van der Waals surface area (Å²) < 4.78 is 12.9. The molecule has 82 valence electrons. The zero-order chi connectivity index (χ0) is 11.1. The van der Waals surface area contributed by atoms with Crippen molar-refractivity contribution in [1.82, 2.24) is 10.4 Å². The second-order valence-electron chi connectivity index (χ2n) is 3.38. The number of halogens is 1. The van der Waals surface area contributed by atoms with E-state index in [0.717, 1.165) is 24.8 Å². The van der Waals surface area contributed by atoms with Crippen LogP contribution in [0.3, 0.4) is 0 Å². The maximum atomic E-state index is 12.9. The fourth-order valence-corrected chi connectivity index (χ4v) is 1.43. The molecule has 0 bridgehead atoms. The van der Waals surface area contributed by atoms with Gasteiger partial charge in [-0.1, -0.05) is 6.08 Å². The maximum Gasteiger partial charge on any atom is 0.141 e. The number of nitrogens with zero attached hydrogens (tertiary/aromatic N) is 1.